The van der Waals surface area contributed by atoms with Crippen LogP contribution >= 0.6 is 23.2 Å². The molecule has 5 heteroatoms. The first-order chi connectivity index (χ1) is 9.02. The molecule has 0 amide bonds. The van der Waals surface area contributed by atoms with Crippen molar-refractivity contribution < 1.29 is 0 Å². The minimum absolute atomic E-state index is 0.241. The smallest absolute Gasteiger partial charge is 0.133 e. The van der Waals surface area contributed by atoms with Gasteiger partial charge in [-0.1, -0.05) is 49.2 Å². The van der Waals surface area contributed by atoms with Crippen molar-refractivity contribution in [2.75, 3.05) is 12.4 Å². The first kappa shape index (κ1) is 14.1. The van der Waals surface area contributed by atoms with E-state index in [1.807, 2.05) is 25.2 Å². The third-order valence-corrected chi connectivity index (χ3v) is 3.56. The maximum atomic E-state index is 6.24. The molecule has 1 aromatic heterocycles. The number of hydrogen-bond donors (Lipinski definition) is 1. The van der Waals surface area contributed by atoms with Crippen molar-refractivity contribution in [3.63, 3.8) is 0 Å². The van der Waals surface area contributed by atoms with Crippen molar-refractivity contribution in [2.45, 2.75) is 19.8 Å². The molecule has 100 valence electrons. The van der Waals surface area contributed by atoms with Gasteiger partial charge in [-0.15, -0.1) is 0 Å². The van der Waals surface area contributed by atoms with Gasteiger partial charge in [-0.05, 0) is 6.07 Å². The lowest BCUT2D eigenvalue weighted by Crippen LogP contribution is -2.03. The maximum Gasteiger partial charge on any atom is 0.133 e. The molecule has 0 unspecified atom stereocenters. The van der Waals surface area contributed by atoms with Crippen molar-refractivity contribution in [2.24, 2.45) is 0 Å². The molecule has 0 atom stereocenters. The van der Waals surface area contributed by atoms with E-state index in [0.29, 0.717) is 10.0 Å². The lowest BCUT2D eigenvalue weighted by molar-refractivity contribution is 0.777. The summed E-state index contributed by atoms with van der Waals surface area (Å²) < 4.78 is 0. The predicted molar refractivity (Wildman–Crippen MR) is 81.1 cm³/mol. The van der Waals surface area contributed by atoms with Crippen molar-refractivity contribution in [1.29, 1.82) is 0 Å². The largest absolute Gasteiger partial charge is 0.373 e. The zero-order chi connectivity index (χ0) is 14.0. The zero-order valence-electron chi connectivity index (χ0n) is 11.0. The summed E-state index contributed by atoms with van der Waals surface area (Å²) in [5, 5.41) is 4.08. The van der Waals surface area contributed by atoms with Crippen LogP contribution in [0.25, 0.3) is 11.3 Å². The minimum Gasteiger partial charge on any atom is -0.373 e. The standard InChI is InChI=1S/C14H15Cl2N3/c1-8(2)14-18-11(7-12(17-3)19-14)9-5-4-6-10(15)13(9)16/h4-8H,1-3H3,(H,17,18,19). The Morgan fingerprint density at radius 1 is 1.16 bits per heavy atom. The molecule has 0 saturated carbocycles. The van der Waals surface area contributed by atoms with Crippen molar-refractivity contribution >= 4 is 29.0 Å². The Bertz CT molecular complexity index is 597. The number of aromatic nitrogens is 2. The highest BCUT2D eigenvalue weighted by Crippen LogP contribution is 2.33. The van der Waals surface area contributed by atoms with Crippen LogP contribution in [0.5, 0.6) is 0 Å². The molecule has 0 spiro atoms. The Kier molecular flexibility index (Phi) is 4.27. The molecule has 2 rings (SSSR count). The quantitative estimate of drug-likeness (QED) is 0.898. The summed E-state index contributed by atoms with van der Waals surface area (Å²) in [7, 11) is 1.83. The SMILES string of the molecule is CNc1cc(-c2cccc(Cl)c2Cl)nc(C(C)C)n1. The number of nitrogens with zero attached hydrogens (tertiary/aromatic N) is 2. The normalized spacial score (nSPS) is 10.8. The van der Waals surface area contributed by atoms with E-state index < -0.39 is 0 Å². The number of anilines is 1. The minimum atomic E-state index is 0.241. The molecule has 1 aromatic carbocycles. The van der Waals surface area contributed by atoms with E-state index in [9.17, 15) is 0 Å². The summed E-state index contributed by atoms with van der Waals surface area (Å²) in [6.45, 7) is 4.11. The molecule has 0 radical (unpaired) electrons. The molecule has 0 aliphatic carbocycles. The van der Waals surface area contributed by atoms with Gasteiger partial charge in [-0.25, -0.2) is 9.97 Å². The van der Waals surface area contributed by atoms with Gasteiger partial charge in [-0.2, -0.15) is 0 Å². The molecule has 2 aromatic rings. The number of halogens is 2. The fraction of sp³-hybridized carbons (Fsp3) is 0.286. The average Bonchev–Trinajstić information content (AvgIpc) is 2.41. The van der Waals surface area contributed by atoms with Gasteiger partial charge in [0, 0.05) is 24.6 Å². The van der Waals surface area contributed by atoms with E-state index in [2.05, 4.69) is 29.1 Å². The van der Waals surface area contributed by atoms with E-state index in [1.54, 1.807) is 6.07 Å². The molecular weight excluding hydrogens is 281 g/mol. The fourth-order valence-electron chi connectivity index (χ4n) is 1.69. The Hall–Kier alpha value is -1.32. The Morgan fingerprint density at radius 3 is 2.53 bits per heavy atom. The van der Waals surface area contributed by atoms with Gasteiger partial charge in [0.05, 0.1) is 15.7 Å². The second-order valence-electron chi connectivity index (χ2n) is 4.50. The molecule has 1 N–H and O–H groups in total. The molecule has 0 saturated heterocycles. The molecule has 0 aliphatic rings. The van der Waals surface area contributed by atoms with Crippen LogP contribution in [0.4, 0.5) is 5.82 Å². The molecule has 19 heavy (non-hydrogen) atoms. The van der Waals surface area contributed by atoms with Gasteiger partial charge < -0.3 is 5.32 Å². The van der Waals surface area contributed by atoms with Gasteiger partial charge in [0.15, 0.2) is 0 Å². The molecule has 0 aliphatic heterocycles. The lowest BCUT2D eigenvalue weighted by Gasteiger charge is -2.11. The van der Waals surface area contributed by atoms with E-state index in [1.165, 1.54) is 0 Å². The molecule has 3 nitrogen and oxygen atoms in total. The van der Waals surface area contributed by atoms with E-state index in [4.69, 9.17) is 23.2 Å². The van der Waals surface area contributed by atoms with Crippen molar-refractivity contribution in [3.05, 3.63) is 40.1 Å². The Morgan fingerprint density at radius 2 is 1.89 bits per heavy atom. The number of nitrogens with one attached hydrogen (secondary N) is 1. The third-order valence-electron chi connectivity index (χ3n) is 2.74. The highest BCUT2D eigenvalue weighted by molar-refractivity contribution is 6.43. The highest BCUT2D eigenvalue weighted by Gasteiger charge is 2.12. The zero-order valence-corrected chi connectivity index (χ0v) is 12.5. The average molecular weight is 296 g/mol. The first-order valence-electron chi connectivity index (χ1n) is 6.04. The van der Waals surface area contributed by atoms with E-state index >= 15 is 0 Å². The fourth-order valence-corrected chi connectivity index (χ4v) is 2.09. The molecule has 0 fully saturated rings. The van der Waals surface area contributed by atoms with E-state index in [0.717, 1.165) is 22.9 Å². The number of rotatable bonds is 3. The van der Waals surface area contributed by atoms with Crippen LogP contribution in [0.1, 0.15) is 25.6 Å². The van der Waals surface area contributed by atoms with Crippen molar-refractivity contribution in [3.8, 4) is 11.3 Å². The Labute approximate surface area is 123 Å². The molecular formula is C14H15Cl2N3. The Balaban J connectivity index is 2.61. The van der Waals surface area contributed by atoms with Crippen LogP contribution in [-0.4, -0.2) is 17.0 Å². The van der Waals surface area contributed by atoms with Crippen LogP contribution in [-0.2, 0) is 0 Å². The summed E-state index contributed by atoms with van der Waals surface area (Å²) in [5.74, 6) is 1.78. The van der Waals surface area contributed by atoms with Crippen LogP contribution in [0.3, 0.4) is 0 Å². The van der Waals surface area contributed by atoms with Gasteiger partial charge in [0.25, 0.3) is 0 Å². The van der Waals surface area contributed by atoms with E-state index in [-0.39, 0.29) is 5.92 Å². The van der Waals surface area contributed by atoms with Gasteiger partial charge in [0.1, 0.15) is 11.6 Å². The van der Waals surface area contributed by atoms with Crippen LogP contribution < -0.4 is 5.32 Å². The van der Waals surface area contributed by atoms with Crippen molar-refractivity contribution in [1.82, 2.24) is 9.97 Å². The topological polar surface area (TPSA) is 37.8 Å². The van der Waals surface area contributed by atoms with Gasteiger partial charge in [-0.3, -0.25) is 0 Å². The van der Waals surface area contributed by atoms with Gasteiger partial charge in [0.2, 0.25) is 0 Å². The second kappa shape index (κ2) is 5.76. The second-order valence-corrected chi connectivity index (χ2v) is 5.29. The third kappa shape index (κ3) is 2.99. The van der Waals surface area contributed by atoms with Crippen LogP contribution in [0, 0.1) is 0 Å². The van der Waals surface area contributed by atoms with Gasteiger partial charge >= 0.3 is 0 Å². The first-order valence-corrected chi connectivity index (χ1v) is 6.79. The predicted octanol–water partition coefficient (Wildman–Crippen LogP) is 4.62. The number of benzene rings is 1. The summed E-state index contributed by atoms with van der Waals surface area (Å²) in [5.41, 5.74) is 1.59. The summed E-state index contributed by atoms with van der Waals surface area (Å²) in [6.07, 6.45) is 0. The summed E-state index contributed by atoms with van der Waals surface area (Å²) >= 11 is 12.3. The van der Waals surface area contributed by atoms with Crippen LogP contribution in [0.2, 0.25) is 10.0 Å². The monoisotopic (exact) mass is 295 g/mol. The molecule has 1 heterocycles. The summed E-state index contributed by atoms with van der Waals surface area (Å²) in [4.78, 5) is 8.99. The molecule has 0 bridgehead atoms. The maximum absolute atomic E-state index is 6.24. The van der Waals surface area contributed by atoms with Crippen LogP contribution in [0.15, 0.2) is 24.3 Å². The number of hydrogen-bond acceptors (Lipinski definition) is 3. The highest BCUT2D eigenvalue weighted by atomic mass is 35.5. The summed E-state index contributed by atoms with van der Waals surface area (Å²) in [6, 6.07) is 7.39. The lowest BCUT2D eigenvalue weighted by atomic mass is 10.1.